The van der Waals surface area contributed by atoms with Crippen LogP contribution in [0.5, 0.6) is 5.75 Å². The summed E-state index contributed by atoms with van der Waals surface area (Å²) in [7, 11) is 0. The molecule has 1 aromatic carbocycles. The molecule has 0 bridgehead atoms. The normalized spacial score (nSPS) is 18.0. The molecule has 1 saturated heterocycles. The van der Waals surface area contributed by atoms with Gasteiger partial charge in [0.25, 0.3) is 0 Å². The van der Waals surface area contributed by atoms with E-state index in [-0.39, 0.29) is 18.3 Å². The summed E-state index contributed by atoms with van der Waals surface area (Å²) in [5.74, 6) is 1.01. The highest BCUT2D eigenvalue weighted by Gasteiger charge is 2.25. The van der Waals surface area contributed by atoms with Crippen LogP contribution in [0.3, 0.4) is 0 Å². The molecule has 2 N–H and O–H groups in total. The molecule has 1 aromatic rings. The minimum atomic E-state index is 0. The average molecular weight is 313 g/mol. The summed E-state index contributed by atoms with van der Waals surface area (Å²) >= 11 is 0. The second-order valence-electron chi connectivity index (χ2n) is 5.23. The Morgan fingerprint density at radius 3 is 2.76 bits per heavy atom. The van der Waals surface area contributed by atoms with Crippen LogP contribution in [-0.4, -0.2) is 36.5 Å². The van der Waals surface area contributed by atoms with Crippen molar-refractivity contribution in [2.75, 3.05) is 19.7 Å². The quantitative estimate of drug-likeness (QED) is 0.878. The van der Waals surface area contributed by atoms with Crippen LogP contribution < -0.4 is 10.5 Å². The van der Waals surface area contributed by atoms with Gasteiger partial charge in [-0.3, -0.25) is 4.79 Å². The summed E-state index contributed by atoms with van der Waals surface area (Å²) < 4.78 is 5.59. The molecule has 1 atom stereocenters. The van der Waals surface area contributed by atoms with Crippen molar-refractivity contribution < 1.29 is 9.53 Å². The molecule has 0 spiro atoms. The lowest BCUT2D eigenvalue weighted by molar-refractivity contribution is -0.135. The van der Waals surface area contributed by atoms with Crippen LogP contribution >= 0.6 is 12.4 Å². The van der Waals surface area contributed by atoms with Gasteiger partial charge in [-0.05, 0) is 44.4 Å². The monoisotopic (exact) mass is 312 g/mol. The minimum absolute atomic E-state index is 0. The van der Waals surface area contributed by atoms with Gasteiger partial charge in [0.2, 0.25) is 5.91 Å². The van der Waals surface area contributed by atoms with Crippen LogP contribution in [-0.2, 0) is 4.79 Å². The third-order valence-electron chi connectivity index (χ3n) is 3.78. The zero-order valence-corrected chi connectivity index (χ0v) is 13.2. The number of rotatable bonds is 6. The lowest BCUT2D eigenvalue weighted by atomic mass is 9.99. The van der Waals surface area contributed by atoms with Crippen molar-refractivity contribution in [1.29, 1.82) is 0 Å². The first kappa shape index (κ1) is 17.8. The molecule has 0 aliphatic carbocycles. The van der Waals surface area contributed by atoms with Gasteiger partial charge in [-0.25, -0.2) is 0 Å². The van der Waals surface area contributed by atoms with E-state index in [4.69, 9.17) is 10.5 Å². The second kappa shape index (κ2) is 9.64. The van der Waals surface area contributed by atoms with Gasteiger partial charge in [0, 0.05) is 12.6 Å². The van der Waals surface area contributed by atoms with Crippen molar-refractivity contribution in [2.24, 2.45) is 5.73 Å². The number of amides is 1. The molecule has 1 fully saturated rings. The number of para-hydroxylation sites is 1. The SMILES string of the molecule is Cl.NCCC1CCCCN1C(=O)CCOc1ccccc1. The number of hydrogen-bond donors (Lipinski definition) is 1. The Balaban J connectivity index is 0.00000220. The summed E-state index contributed by atoms with van der Waals surface area (Å²) in [6, 6.07) is 9.95. The average Bonchev–Trinajstić information content (AvgIpc) is 2.49. The maximum Gasteiger partial charge on any atom is 0.226 e. The third-order valence-corrected chi connectivity index (χ3v) is 3.78. The number of halogens is 1. The number of ether oxygens (including phenoxy) is 1. The molecule has 0 radical (unpaired) electrons. The molecule has 21 heavy (non-hydrogen) atoms. The molecule has 1 aliphatic rings. The molecule has 2 rings (SSSR count). The van der Waals surface area contributed by atoms with Gasteiger partial charge in [-0.1, -0.05) is 18.2 Å². The Hall–Kier alpha value is -1.26. The van der Waals surface area contributed by atoms with Crippen molar-refractivity contribution in [2.45, 2.75) is 38.1 Å². The van der Waals surface area contributed by atoms with E-state index < -0.39 is 0 Å². The van der Waals surface area contributed by atoms with Crippen molar-refractivity contribution in [3.05, 3.63) is 30.3 Å². The van der Waals surface area contributed by atoms with Gasteiger partial charge in [0.1, 0.15) is 5.75 Å². The van der Waals surface area contributed by atoms with Crippen LogP contribution in [0.4, 0.5) is 0 Å². The van der Waals surface area contributed by atoms with Crippen molar-refractivity contribution in [3.8, 4) is 5.75 Å². The van der Waals surface area contributed by atoms with Gasteiger partial charge in [-0.2, -0.15) is 0 Å². The largest absolute Gasteiger partial charge is 0.493 e. The Kier molecular flexibility index (Phi) is 8.16. The van der Waals surface area contributed by atoms with Crippen LogP contribution in [0.25, 0.3) is 0 Å². The minimum Gasteiger partial charge on any atom is -0.493 e. The first-order valence-electron chi connectivity index (χ1n) is 7.48. The Bertz CT molecular complexity index is 412. The predicted molar refractivity (Wildman–Crippen MR) is 86.8 cm³/mol. The fourth-order valence-electron chi connectivity index (χ4n) is 2.74. The number of nitrogens with zero attached hydrogens (tertiary/aromatic N) is 1. The molecule has 118 valence electrons. The van der Waals surface area contributed by atoms with Gasteiger partial charge < -0.3 is 15.4 Å². The van der Waals surface area contributed by atoms with E-state index in [0.29, 0.717) is 25.6 Å². The van der Waals surface area contributed by atoms with Crippen molar-refractivity contribution in [1.82, 2.24) is 4.90 Å². The molecule has 4 nitrogen and oxygen atoms in total. The number of benzene rings is 1. The summed E-state index contributed by atoms with van der Waals surface area (Å²) in [6.45, 7) is 1.96. The highest BCUT2D eigenvalue weighted by molar-refractivity contribution is 5.85. The fraction of sp³-hybridized carbons (Fsp3) is 0.562. The topological polar surface area (TPSA) is 55.6 Å². The predicted octanol–water partition coefficient (Wildman–Crippen LogP) is 2.61. The third kappa shape index (κ3) is 5.56. The number of piperidine rings is 1. The number of carbonyl (C=O) groups excluding carboxylic acids is 1. The van der Waals surface area contributed by atoms with Crippen LogP contribution in [0.1, 0.15) is 32.1 Å². The van der Waals surface area contributed by atoms with E-state index in [1.54, 1.807) is 0 Å². The lowest BCUT2D eigenvalue weighted by Crippen LogP contribution is -2.45. The van der Waals surface area contributed by atoms with Crippen LogP contribution in [0, 0.1) is 0 Å². The zero-order valence-electron chi connectivity index (χ0n) is 12.4. The summed E-state index contributed by atoms with van der Waals surface area (Å²) in [5, 5.41) is 0. The number of hydrogen-bond acceptors (Lipinski definition) is 3. The summed E-state index contributed by atoms with van der Waals surface area (Å²) in [6.07, 6.45) is 4.74. The summed E-state index contributed by atoms with van der Waals surface area (Å²) in [5.41, 5.74) is 5.64. The Labute approximate surface area is 133 Å². The van der Waals surface area contributed by atoms with Crippen LogP contribution in [0.2, 0.25) is 0 Å². The van der Waals surface area contributed by atoms with E-state index in [0.717, 1.165) is 31.6 Å². The van der Waals surface area contributed by atoms with Crippen molar-refractivity contribution in [3.63, 3.8) is 0 Å². The number of likely N-dealkylation sites (tertiary alicyclic amines) is 1. The van der Waals surface area contributed by atoms with Gasteiger partial charge in [-0.15, -0.1) is 12.4 Å². The molecule has 0 aromatic heterocycles. The molecular weight excluding hydrogens is 288 g/mol. The highest BCUT2D eigenvalue weighted by Crippen LogP contribution is 2.20. The van der Waals surface area contributed by atoms with E-state index >= 15 is 0 Å². The van der Waals surface area contributed by atoms with Gasteiger partial charge in [0.05, 0.1) is 13.0 Å². The van der Waals surface area contributed by atoms with Crippen molar-refractivity contribution >= 4 is 18.3 Å². The lowest BCUT2D eigenvalue weighted by Gasteiger charge is -2.35. The number of nitrogens with two attached hydrogens (primary N) is 1. The second-order valence-corrected chi connectivity index (χ2v) is 5.23. The first-order chi connectivity index (χ1) is 9.81. The molecule has 1 aliphatic heterocycles. The molecule has 0 saturated carbocycles. The first-order valence-corrected chi connectivity index (χ1v) is 7.48. The Morgan fingerprint density at radius 2 is 2.05 bits per heavy atom. The van der Waals surface area contributed by atoms with E-state index in [2.05, 4.69) is 0 Å². The van der Waals surface area contributed by atoms with E-state index in [1.165, 1.54) is 6.42 Å². The highest BCUT2D eigenvalue weighted by atomic mass is 35.5. The fourth-order valence-corrected chi connectivity index (χ4v) is 2.74. The molecule has 1 amide bonds. The van der Waals surface area contributed by atoms with Gasteiger partial charge in [0.15, 0.2) is 0 Å². The maximum absolute atomic E-state index is 12.3. The molecule has 1 heterocycles. The van der Waals surface area contributed by atoms with Gasteiger partial charge >= 0.3 is 0 Å². The maximum atomic E-state index is 12.3. The molecule has 1 unspecified atom stereocenters. The standard InChI is InChI=1S/C16H24N2O2.ClH/c17-11-9-14-6-4-5-12-18(14)16(19)10-13-20-15-7-2-1-3-8-15;/h1-3,7-8,14H,4-6,9-13,17H2;1H. The van der Waals surface area contributed by atoms with E-state index in [9.17, 15) is 4.79 Å². The molecule has 5 heteroatoms. The van der Waals surface area contributed by atoms with E-state index in [1.807, 2.05) is 35.2 Å². The zero-order chi connectivity index (χ0) is 14.2. The smallest absolute Gasteiger partial charge is 0.226 e. The Morgan fingerprint density at radius 1 is 1.29 bits per heavy atom. The number of carbonyl (C=O) groups is 1. The summed E-state index contributed by atoms with van der Waals surface area (Å²) in [4.78, 5) is 14.3. The van der Waals surface area contributed by atoms with Crippen LogP contribution in [0.15, 0.2) is 30.3 Å². The molecular formula is C16H25ClN2O2.